The van der Waals surface area contributed by atoms with Crippen molar-refractivity contribution in [3.05, 3.63) is 54.5 Å². The van der Waals surface area contributed by atoms with Crippen molar-refractivity contribution >= 4 is 21.1 Å². The second-order valence-electron chi connectivity index (χ2n) is 9.65. The predicted molar refractivity (Wildman–Crippen MR) is 146 cm³/mol. The van der Waals surface area contributed by atoms with Crippen LogP contribution in [0.25, 0.3) is 22.4 Å². The average molecular weight is 610 g/mol. The number of aromatic amines is 1. The van der Waals surface area contributed by atoms with Crippen LogP contribution in [0, 0.1) is 26.1 Å². The Morgan fingerprint density at radius 3 is 2.50 bits per heavy atom. The highest BCUT2D eigenvalue weighted by atomic mass is 32.2. The number of piperidine rings is 1. The lowest BCUT2D eigenvalue weighted by Crippen LogP contribution is -2.43. The maximum Gasteiger partial charge on any atom is 0.299 e. The van der Waals surface area contributed by atoms with Crippen molar-refractivity contribution in [1.29, 1.82) is 0 Å². The van der Waals surface area contributed by atoms with E-state index < -0.39 is 44.4 Å². The standard InChI is InChI=1S/C24H31N7O10S/c1-4-6-18-21-22(28(3)27-18)24(32)26-23(25-21)17-13-16(7-8-19(17)39-5-2)42(37,38)29-11-9-15(10-12-29)20(41-31(35)36)14-40-30(33)34/h7-8,13,15,20H,4-6,9-12,14H2,1-3H3,(H,25,26,32). The van der Waals surface area contributed by atoms with Crippen LogP contribution >= 0.6 is 0 Å². The molecule has 2 aromatic heterocycles. The van der Waals surface area contributed by atoms with Gasteiger partial charge in [0, 0.05) is 20.1 Å². The van der Waals surface area contributed by atoms with Gasteiger partial charge >= 0.3 is 0 Å². The highest BCUT2D eigenvalue weighted by Crippen LogP contribution is 2.34. The Bertz CT molecular complexity index is 1630. The molecule has 1 aliphatic heterocycles. The van der Waals surface area contributed by atoms with Crippen LogP contribution in [0.1, 0.15) is 38.8 Å². The van der Waals surface area contributed by atoms with Gasteiger partial charge in [0.2, 0.25) is 10.0 Å². The number of hydrogen-bond donors (Lipinski definition) is 1. The molecule has 0 radical (unpaired) electrons. The summed E-state index contributed by atoms with van der Waals surface area (Å²) in [5, 5.41) is 23.8. The normalized spacial score (nSPS) is 15.4. The molecule has 3 aromatic rings. The van der Waals surface area contributed by atoms with Crippen LogP contribution in [0.15, 0.2) is 27.9 Å². The number of hydrogen-bond acceptors (Lipinski definition) is 12. The van der Waals surface area contributed by atoms with Gasteiger partial charge in [-0.15, -0.1) is 20.2 Å². The number of nitrogens with zero attached hydrogens (tertiary/aromatic N) is 6. The number of H-pyrrole nitrogens is 1. The van der Waals surface area contributed by atoms with Gasteiger partial charge in [0.05, 0.1) is 28.3 Å². The molecule has 0 spiro atoms. The maximum atomic E-state index is 13.7. The molecule has 0 aliphatic carbocycles. The summed E-state index contributed by atoms with van der Waals surface area (Å²) in [5.41, 5.74) is 1.24. The van der Waals surface area contributed by atoms with E-state index in [4.69, 9.17) is 4.74 Å². The maximum absolute atomic E-state index is 13.7. The molecule has 4 rings (SSSR count). The fourth-order valence-electron chi connectivity index (χ4n) is 5.07. The Hall–Kier alpha value is -4.32. The van der Waals surface area contributed by atoms with Crippen LogP contribution < -0.4 is 10.3 Å². The zero-order valence-corrected chi connectivity index (χ0v) is 24.0. The molecule has 0 saturated carbocycles. The third-order valence-corrected chi connectivity index (χ3v) is 8.89. The van der Waals surface area contributed by atoms with Gasteiger partial charge in [0.1, 0.15) is 24.3 Å². The number of benzene rings is 1. The number of aryl methyl sites for hydroxylation is 2. The molecule has 0 bridgehead atoms. The Balaban J connectivity index is 1.65. The Morgan fingerprint density at radius 2 is 1.88 bits per heavy atom. The molecule has 1 atom stereocenters. The summed E-state index contributed by atoms with van der Waals surface area (Å²) < 4.78 is 35.7. The van der Waals surface area contributed by atoms with Crippen molar-refractivity contribution in [1.82, 2.24) is 24.1 Å². The van der Waals surface area contributed by atoms with E-state index in [2.05, 4.69) is 24.7 Å². The van der Waals surface area contributed by atoms with Crippen LogP contribution in [0.2, 0.25) is 0 Å². The van der Waals surface area contributed by atoms with Crippen molar-refractivity contribution in [2.75, 3.05) is 26.3 Å². The molecule has 1 unspecified atom stereocenters. The van der Waals surface area contributed by atoms with Gasteiger partial charge in [-0.1, -0.05) is 13.3 Å². The van der Waals surface area contributed by atoms with Crippen molar-refractivity contribution in [3.8, 4) is 17.1 Å². The van der Waals surface area contributed by atoms with E-state index in [-0.39, 0.29) is 48.8 Å². The number of nitrogens with one attached hydrogen (secondary N) is 1. The first-order chi connectivity index (χ1) is 20.0. The molecule has 0 amide bonds. The topological polar surface area (TPSA) is 215 Å². The molecule has 1 fully saturated rings. The lowest BCUT2D eigenvalue weighted by molar-refractivity contribution is -0.791. The Kier molecular flexibility index (Phi) is 9.25. The fraction of sp³-hybridized carbons (Fsp3) is 0.542. The van der Waals surface area contributed by atoms with Crippen LogP contribution in [-0.4, -0.2) is 75.1 Å². The third kappa shape index (κ3) is 6.43. The van der Waals surface area contributed by atoms with E-state index in [1.54, 1.807) is 14.0 Å². The lowest BCUT2D eigenvalue weighted by Gasteiger charge is -2.34. The van der Waals surface area contributed by atoms with Gasteiger partial charge in [0.15, 0.2) is 5.52 Å². The van der Waals surface area contributed by atoms with Gasteiger partial charge in [0.25, 0.3) is 15.7 Å². The minimum atomic E-state index is -4.06. The monoisotopic (exact) mass is 609 g/mol. The Morgan fingerprint density at radius 1 is 1.17 bits per heavy atom. The molecule has 18 heteroatoms. The Labute approximate surface area is 239 Å². The molecule has 42 heavy (non-hydrogen) atoms. The van der Waals surface area contributed by atoms with E-state index in [0.29, 0.717) is 28.9 Å². The number of fused-ring (bicyclic) bond motifs is 1. The van der Waals surface area contributed by atoms with Gasteiger partial charge in [-0.05, 0) is 50.3 Å². The predicted octanol–water partition coefficient (Wildman–Crippen LogP) is 1.86. The van der Waals surface area contributed by atoms with Crippen molar-refractivity contribution in [3.63, 3.8) is 0 Å². The first-order valence-electron chi connectivity index (χ1n) is 13.3. The smallest absolute Gasteiger partial charge is 0.299 e. The minimum absolute atomic E-state index is 0.0112. The number of sulfonamides is 1. The molecular weight excluding hydrogens is 578 g/mol. The summed E-state index contributed by atoms with van der Waals surface area (Å²) in [7, 11) is -2.41. The van der Waals surface area contributed by atoms with Crippen LogP contribution in [-0.2, 0) is 33.2 Å². The quantitative estimate of drug-likeness (QED) is 0.217. The molecule has 1 aromatic carbocycles. The van der Waals surface area contributed by atoms with Crippen molar-refractivity contribution < 1.29 is 33.0 Å². The van der Waals surface area contributed by atoms with Gasteiger partial charge < -0.3 is 19.4 Å². The highest BCUT2D eigenvalue weighted by Gasteiger charge is 2.35. The number of ether oxygens (including phenoxy) is 1. The number of rotatable bonds is 13. The second-order valence-corrected chi connectivity index (χ2v) is 11.6. The van der Waals surface area contributed by atoms with Gasteiger partial charge in [-0.2, -0.15) is 14.4 Å². The molecular formula is C24H31N7O10S. The van der Waals surface area contributed by atoms with E-state index in [0.717, 1.165) is 6.42 Å². The van der Waals surface area contributed by atoms with Gasteiger partial charge in [-0.25, -0.2) is 8.42 Å². The fourth-order valence-corrected chi connectivity index (χ4v) is 6.56. The van der Waals surface area contributed by atoms with Crippen LogP contribution in [0.4, 0.5) is 0 Å². The van der Waals surface area contributed by atoms with Gasteiger partial charge in [-0.3, -0.25) is 9.48 Å². The molecule has 1 saturated heterocycles. The summed E-state index contributed by atoms with van der Waals surface area (Å²) >= 11 is 0. The summed E-state index contributed by atoms with van der Waals surface area (Å²) in [5.74, 6) is -0.0951. The number of aromatic nitrogens is 4. The molecule has 3 heterocycles. The van der Waals surface area contributed by atoms with E-state index in [1.807, 2.05) is 6.92 Å². The van der Waals surface area contributed by atoms with E-state index in [1.165, 1.54) is 27.2 Å². The van der Waals surface area contributed by atoms with Crippen molar-refractivity contribution in [2.45, 2.75) is 50.5 Å². The largest absolute Gasteiger partial charge is 0.493 e. The molecule has 1 N–H and O–H groups in total. The third-order valence-electron chi connectivity index (χ3n) is 7.00. The van der Waals surface area contributed by atoms with E-state index in [9.17, 15) is 33.4 Å². The summed E-state index contributed by atoms with van der Waals surface area (Å²) in [6.45, 7) is 3.36. The van der Waals surface area contributed by atoms with Crippen LogP contribution in [0.5, 0.6) is 5.75 Å². The summed E-state index contributed by atoms with van der Waals surface area (Å²) in [4.78, 5) is 50.6. The average Bonchev–Trinajstić information content (AvgIpc) is 3.26. The first kappa shape index (κ1) is 30.6. The zero-order valence-electron chi connectivity index (χ0n) is 23.2. The summed E-state index contributed by atoms with van der Waals surface area (Å²) in [6.07, 6.45) is 0.480. The molecule has 1 aliphatic rings. The second kappa shape index (κ2) is 12.7. The minimum Gasteiger partial charge on any atom is -0.493 e. The highest BCUT2D eigenvalue weighted by molar-refractivity contribution is 7.89. The van der Waals surface area contributed by atoms with E-state index >= 15 is 0 Å². The molecule has 17 nitrogen and oxygen atoms in total. The SMILES string of the molecule is CCCc1nn(C)c2c(=O)nc(-c3cc(S(=O)(=O)N4CCC(C(CO[N+](=O)[O-])O[N+](=O)[O-])CC4)ccc3OCC)[nH]c12. The van der Waals surface area contributed by atoms with Crippen LogP contribution in [0.3, 0.4) is 0 Å². The summed E-state index contributed by atoms with van der Waals surface area (Å²) in [6, 6.07) is 4.27. The van der Waals surface area contributed by atoms with Crippen molar-refractivity contribution in [2.24, 2.45) is 13.0 Å². The molecule has 228 valence electrons. The zero-order chi connectivity index (χ0) is 30.6. The first-order valence-corrected chi connectivity index (χ1v) is 14.7. The lowest BCUT2D eigenvalue weighted by atomic mass is 9.92.